The summed E-state index contributed by atoms with van der Waals surface area (Å²) < 4.78 is 5.81. The number of para-hydroxylation sites is 1. The smallest absolute Gasteiger partial charge is 0.119 e. The van der Waals surface area contributed by atoms with Gasteiger partial charge in [0.05, 0.1) is 17.7 Å². The van der Waals surface area contributed by atoms with Crippen molar-refractivity contribution in [1.29, 1.82) is 0 Å². The van der Waals surface area contributed by atoms with E-state index in [0.29, 0.717) is 39.0 Å². The SMILES string of the molecule is Cc1ccc(OCC[C@H](O)N2CCC(O)(c3cnc4ccccc4c3)CC2)cc1C. The van der Waals surface area contributed by atoms with E-state index in [1.807, 2.05) is 53.4 Å². The number of aliphatic hydroxyl groups is 2. The zero-order valence-electron chi connectivity index (χ0n) is 17.7. The first-order valence-electron chi connectivity index (χ1n) is 10.6. The van der Waals surface area contributed by atoms with Gasteiger partial charge in [-0.3, -0.25) is 9.88 Å². The van der Waals surface area contributed by atoms with Gasteiger partial charge in [0.2, 0.25) is 0 Å². The highest BCUT2D eigenvalue weighted by molar-refractivity contribution is 5.78. The summed E-state index contributed by atoms with van der Waals surface area (Å²) in [5, 5.41) is 22.8. The summed E-state index contributed by atoms with van der Waals surface area (Å²) in [5.74, 6) is 0.835. The Labute approximate surface area is 177 Å². The fraction of sp³-hybridized carbons (Fsp3) is 0.400. The Kier molecular flexibility index (Phi) is 6.04. The van der Waals surface area contributed by atoms with Crippen molar-refractivity contribution in [2.24, 2.45) is 0 Å². The maximum atomic E-state index is 11.2. The first-order chi connectivity index (χ1) is 14.4. The first kappa shape index (κ1) is 20.8. The lowest BCUT2D eigenvalue weighted by Crippen LogP contribution is -2.47. The number of pyridine rings is 1. The predicted octanol–water partition coefficient (Wildman–Crippen LogP) is 3.92. The summed E-state index contributed by atoms with van der Waals surface area (Å²) in [6.07, 6.45) is 2.88. The Bertz CT molecular complexity index is 1010. The summed E-state index contributed by atoms with van der Waals surface area (Å²) >= 11 is 0. The van der Waals surface area contributed by atoms with Crippen LogP contribution in [-0.4, -0.2) is 46.0 Å². The summed E-state index contributed by atoms with van der Waals surface area (Å²) in [4.78, 5) is 6.52. The quantitative estimate of drug-likeness (QED) is 0.650. The van der Waals surface area contributed by atoms with Crippen LogP contribution in [0.25, 0.3) is 10.9 Å². The first-order valence-corrected chi connectivity index (χ1v) is 10.6. The lowest BCUT2D eigenvalue weighted by molar-refractivity contribution is -0.0819. The number of hydrogen-bond acceptors (Lipinski definition) is 5. The van der Waals surface area contributed by atoms with E-state index < -0.39 is 11.8 Å². The second-order valence-corrected chi connectivity index (χ2v) is 8.35. The second-order valence-electron chi connectivity index (χ2n) is 8.35. The lowest BCUT2D eigenvalue weighted by atomic mass is 9.84. The standard InChI is InChI=1S/C25H30N2O3/c1-18-7-8-22(15-19(18)2)30-14-9-24(28)27-12-10-25(29,11-13-27)21-16-20-5-3-4-6-23(20)26-17-21/h3-8,15-17,24,28-29H,9-14H2,1-2H3/t24-/m0/s1. The summed E-state index contributed by atoms with van der Waals surface area (Å²) in [6.45, 7) is 5.87. The number of piperidine rings is 1. The molecule has 3 aromatic rings. The molecular weight excluding hydrogens is 376 g/mol. The molecule has 1 aliphatic heterocycles. The largest absolute Gasteiger partial charge is 0.493 e. The van der Waals surface area contributed by atoms with Gasteiger partial charge in [-0.15, -0.1) is 0 Å². The van der Waals surface area contributed by atoms with E-state index in [2.05, 4.69) is 18.8 Å². The molecule has 0 bridgehead atoms. The van der Waals surface area contributed by atoms with Crippen molar-refractivity contribution in [3.05, 3.63) is 71.4 Å². The number of hydrogen-bond donors (Lipinski definition) is 2. The van der Waals surface area contributed by atoms with Crippen LogP contribution in [0.3, 0.4) is 0 Å². The highest BCUT2D eigenvalue weighted by Crippen LogP contribution is 2.34. The van der Waals surface area contributed by atoms with Crippen LogP contribution in [0.1, 0.15) is 36.0 Å². The number of aromatic nitrogens is 1. The average Bonchev–Trinajstić information content (AvgIpc) is 2.76. The summed E-state index contributed by atoms with van der Waals surface area (Å²) in [5.41, 5.74) is 3.33. The van der Waals surface area contributed by atoms with Crippen molar-refractivity contribution < 1.29 is 14.9 Å². The number of aryl methyl sites for hydroxylation is 2. The molecule has 1 aliphatic rings. The van der Waals surface area contributed by atoms with Gasteiger partial charge in [-0.1, -0.05) is 24.3 Å². The second kappa shape index (κ2) is 8.72. The number of rotatable bonds is 6. The van der Waals surface area contributed by atoms with Gasteiger partial charge in [-0.05, 0) is 62.1 Å². The highest BCUT2D eigenvalue weighted by Gasteiger charge is 2.36. The van der Waals surface area contributed by atoms with Crippen molar-refractivity contribution >= 4 is 10.9 Å². The van der Waals surface area contributed by atoms with Crippen LogP contribution in [0.15, 0.2) is 54.7 Å². The lowest BCUT2D eigenvalue weighted by Gasteiger charge is -2.40. The normalized spacial score (nSPS) is 17.7. The zero-order valence-corrected chi connectivity index (χ0v) is 17.7. The van der Waals surface area contributed by atoms with Crippen LogP contribution in [0.2, 0.25) is 0 Å². The topological polar surface area (TPSA) is 65.8 Å². The van der Waals surface area contributed by atoms with Gasteiger partial charge < -0.3 is 14.9 Å². The van der Waals surface area contributed by atoms with E-state index in [0.717, 1.165) is 22.2 Å². The molecule has 0 spiro atoms. The van der Waals surface area contributed by atoms with E-state index in [4.69, 9.17) is 4.74 Å². The van der Waals surface area contributed by atoms with Crippen LogP contribution < -0.4 is 4.74 Å². The molecule has 2 aromatic carbocycles. The molecular formula is C25H30N2O3. The third kappa shape index (κ3) is 4.48. The maximum absolute atomic E-state index is 11.2. The molecule has 5 nitrogen and oxygen atoms in total. The molecule has 0 unspecified atom stereocenters. The number of likely N-dealkylation sites (tertiary alicyclic amines) is 1. The fourth-order valence-corrected chi connectivity index (χ4v) is 4.07. The number of ether oxygens (including phenoxy) is 1. The zero-order chi connectivity index (χ0) is 21.1. The van der Waals surface area contributed by atoms with E-state index in [-0.39, 0.29) is 0 Å². The molecule has 2 heterocycles. The Morgan fingerprint density at radius 1 is 1.07 bits per heavy atom. The Hall–Kier alpha value is -2.47. The molecule has 0 amide bonds. The molecule has 158 valence electrons. The summed E-state index contributed by atoms with van der Waals surface area (Å²) in [6, 6.07) is 16.0. The molecule has 30 heavy (non-hydrogen) atoms. The van der Waals surface area contributed by atoms with Crippen molar-refractivity contribution in [2.45, 2.75) is 44.9 Å². The van der Waals surface area contributed by atoms with E-state index in [1.165, 1.54) is 11.1 Å². The average molecular weight is 407 g/mol. The molecule has 1 atom stereocenters. The Morgan fingerprint density at radius 3 is 2.60 bits per heavy atom. The van der Waals surface area contributed by atoms with Crippen molar-refractivity contribution in [2.75, 3.05) is 19.7 Å². The number of nitrogens with zero attached hydrogens (tertiary/aromatic N) is 2. The van der Waals surface area contributed by atoms with E-state index in [9.17, 15) is 10.2 Å². The molecule has 0 saturated carbocycles. The van der Waals surface area contributed by atoms with Crippen molar-refractivity contribution in [1.82, 2.24) is 9.88 Å². The Morgan fingerprint density at radius 2 is 1.83 bits per heavy atom. The van der Waals surface area contributed by atoms with E-state index >= 15 is 0 Å². The van der Waals surface area contributed by atoms with Gasteiger partial charge in [0.25, 0.3) is 0 Å². The molecule has 5 heteroatoms. The number of fused-ring (bicyclic) bond motifs is 1. The predicted molar refractivity (Wildman–Crippen MR) is 118 cm³/mol. The molecule has 1 saturated heterocycles. The summed E-state index contributed by atoms with van der Waals surface area (Å²) in [7, 11) is 0. The van der Waals surface area contributed by atoms with Gasteiger partial charge in [-0.2, -0.15) is 0 Å². The maximum Gasteiger partial charge on any atom is 0.119 e. The Balaban J connectivity index is 1.31. The monoisotopic (exact) mass is 406 g/mol. The van der Waals surface area contributed by atoms with Crippen molar-refractivity contribution in [3.63, 3.8) is 0 Å². The van der Waals surface area contributed by atoms with Gasteiger partial charge >= 0.3 is 0 Å². The minimum atomic E-state index is -0.900. The highest BCUT2D eigenvalue weighted by atomic mass is 16.5. The van der Waals surface area contributed by atoms with Crippen molar-refractivity contribution in [3.8, 4) is 5.75 Å². The molecule has 1 aromatic heterocycles. The molecule has 1 fully saturated rings. The van der Waals surface area contributed by atoms with Gasteiger partial charge in [0.15, 0.2) is 0 Å². The number of aliphatic hydroxyl groups excluding tert-OH is 1. The fourth-order valence-electron chi connectivity index (χ4n) is 4.07. The minimum absolute atomic E-state index is 0.457. The third-order valence-electron chi connectivity index (χ3n) is 6.30. The molecule has 0 radical (unpaired) electrons. The van der Waals surface area contributed by atoms with Gasteiger partial charge in [0, 0.05) is 36.7 Å². The van der Waals surface area contributed by atoms with Gasteiger partial charge in [0.1, 0.15) is 12.0 Å². The third-order valence-corrected chi connectivity index (χ3v) is 6.30. The van der Waals surface area contributed by atoms with E-state index in [1.54, 1.807) is 6.20 Å². The van der Waals surface area contributed by atoms with Crippen LogP contribution in [0.4, 0.5) is 0 Å². The molecule has 4 rings (SSSR count). The van der Waals surface area contributed by atoms with Crippen LogP contribution >= 0.6 is 0 Å². The van der Waals surface area contributed by atoms with Crippen LogP contribution in [0.5, 0.6) is 5.75 Å². The van der Waals surface area contributed by atoms with Crippen LogP contribution in [-0.2, 0) is 5.60 Å². The van der Waals surface area contributed by atoms with Crippen LogP contribution in [0, 0.1) is 13.8 Å². The number of benzene rings is 2. The minimum Gasteiger partial charge on any atom is -0.493 e. The molecule has 0 aliphatic carbocycles. The van der Waals surface area contributed by atoms with Gasteiger partial charge in [-0.25, -0.2) is 0 Å². The molecule has 2 N–H and O–H groups in total.